The Balaban J connectivity index is 2.25. The molecule has 0 bridgehead atoms. The van der Waals surface area contributed by atoms with Crippen molar-refractivity contribution in [3.05, 3.63) is 35.9 Å². The van der Waals surface area contributed by atoms with E-state index in [2.05, 4.69) is 22.2 Å². The second kappa shape index (κ2) is 7.26. The molecule has 1 aliphatic rings. The first-order valence-corrected chi connectivity index (χ1v) is 7.14. The fourth-order valence-electron chi connectivity index (χ4n) is 2.97. The van der Waals surface area contributed by atoms with E-state index in [1.54, 1.807) is 0 Å². The Labute approximate surface area is 119 Å². The number of nitrogens with two attached hydrogens (primary N) is 1. The van der Waals surface area contributed by atoms with Crippen molar-refractivity contribution in [1.29, 1.82) is 0 Å². The Kier molecular flexibility index (Phi) is 5.38. The zero-order valence-corrected chi connectivity index (χ0v) is 11.7. The predicted octanol–water partition coefficient (Wildman–Crippen LogP) is 1.71. The van der Waals surface area contributed by atoms with Crippen LogP contribution in [0.5, 0.6) is 0 Å². The maximum absolute atomic E-state index is 9.60. The van der Waals surface area contributed by atoms with Crippen molar-refractivity contribution in [3.8, 4) is 0 Å². The Morgan fingerprint density at radius 2 is 2.10 bits per heavy atom. The molecule has 2 unspecified atom stereocenters. The minimum Gasteiger partial charge on any atom is -0.409 e. The normalized spacial score (nSPS) is 22.6. The van der Waals surface area contributed by atoms with Crippen LogP contribution in [0.3, 0.4) is 0 Å². The third-order valence-electron chi connectivity index (χ3n) is 4.00. The SMILES string of the molecule is NC(CC(c1ccccc1)N1CCCCC1CO)=NO. The van der Waals surface area contributed by atoms with E-state index in [0.717, 1.165) is 31.4 Å². The van der Waals surface area contributed by atoms with Crippen LogP contribution in [-0.4, -0.2) is 40.2 Å². The molecule has 110 valence electrons. The summed E-state index contributed by atoms with van der Waals surface area (Å²) in [6, 6.07) is 10.3. The number of rotatable bonds is 5. The summed E-state index contributed by atoms with van der Waals surface area (Å²) in [5.41, 5.74) is 6.85. The summed E-state index contributed by atoms with van der Waals surface area (Å²) in [6.07, 6.45) is 3.73. The minimum absolute atomic E-state index is 0.0459. The van der Waals surface area contributed by atoms with Crippen LogP contribution < -0.4 is 5.73 Å². The molecule has 2 rings (SSSR count). The van der Waals surface area contributed by atoms with Gasteiger partial charge in [-0.25, -0.2) is 0 Å². The Morgan fingerprint density at radius 3 is 2.75 bits per heavy atom. The number of likely N-dealkylation sites (tertiary alicyclic amines) is 1. The highest BCUT2D eigenvalue weighted by atomic mass is 16.4. The molecule has 0 amide bonds. The summed E-state index contributed by atoms with van der Waals surface area (Å²) in [5, 5.41) is 21.5. The van der Waals surface area contributed by atoms with Gasteiger partial charge in [-0.05, 0) is 24.9 Å². The minimum atomic E-state index is 0.0459. The Morgan fingerprint density at radius 1 is 1.35 bits per heavy atom. The third kappa shape index (κ3) is 3.49. The first kappa shape index (κ1) is 14.8. The molecule has 0 aromatic heterocycles. The highest BCUT2D eigenvalue weighted by Crippen LogP contribution is 2.30. The fourth-order valence-corrected chi connectivity index (χ4v) is 2.97. The number of hydrogen-bond donors (Lipinski definition) is 3. The van der Waals surface area contributed by atoms with Crippen LogP contribution in [0.15, 0.2) is 35.5 Å². The molecule has 1 heterocycles. The van der Waals surface area contributed by atoms with Crippen LogP contribution in [0.4, 0.5) is 0 Å². The van der Waals surface area contributed by atoms with E-state index in [-0.39, 0.29) is 24.5 Å². The van der Waals surface area contributed by atoms with Crippen molar-refractivity contribution in [2.75, 3.05) is 13.2 Å². The van der Waals surface area contributed by atoms with Gasteiger partial charge in [-0.3, -0.25) is 4.90 Å². The van der Waals surface area contributed by atoms with Gasteiger partial charge in [-0.1, -0.05) is 41.9 Å². The van der Waals surface area contributed by atoms with Gasteiger partial charge >= 0.3 is 0 Å². The van der Waals surface area contributed by atoms with Crippen molar-refractivity contribution in [2.45, 2.75) is 37.8 Å². The lowest BCUT2D eigenvalue weighted by Crippen LogP contribution is -2.45. The average molecular weight is 277 g/mol. The van der Waals surface area contributed by atoms with Crippen LogP contribution in [0.1, 0.15) is 37.3 Å². The molecule has 1 aliphatic heterocycles. The van der Waals surface area contributed by atoms with Gasteiger partial charge in [0.25, 0.3) is 0 Å². The standard InChI is InChI=1S/C15H23N3O2/c16-15(17-20)10-14(12-6-2-1-3-7-12)18-9-5-4-8-13(18)11-19/h1-3,6-7,13-14,19-20H,4-5,8-11H2,(H2,16,17). The van der Waals surface area contributed by atoms with Crippen molar-refractivity contribution < 1.29 is 10.3 Å². The van der Waals surface area contributed by atoms with E-state index in [1.807, 2.05) is 18.2 Å². The lowest BCUT2D eigenvalue weighted by atomic mass is 9.94. The molecule has 1 fully saturated rings. The van der Waals surface area contributed by atoms with Crippen LogP contribution in [0.2, 0.25) is 0 Å². The zero-order chi connectivity index (χ0) is 14.4. The third-order valence-corrected chi connectivity index (χ3v) is 4.00. The summed E-state index contributed by atoms with van der Waals surface area (Å²) in [4.78, 5) is 2.29. The number of nitrogens with zero attached hydrogens (tertiary/aromatic N) is 2. The van der Waals surface area contributed by atoms with Gasteiger partial charge in [-0.15, -0.1) is 0 Å². The molecule has 20 heavy (non-hydrogen) atoms. The van der Waals surface area contributed by atoms with Gasteiger partial charge in [0.05, 0.1) is 6.61 Å². The number of oxime groups is 1. The first-order valence-electron chi connectivity index (χ1n) is 7.14. The summed E-state index contributed by atoms with van der Waals surface area (Å²) in [7, 11) is 0. The van der Waals surface area contributed by atoms with Crippen LogP contribution in [0, 0.1) is 0 Å². The Bertz CT molecular complexity index is 436. The summed E-state index contributed by atoms with van der Waals surface area (Å²) >= 11 is 0. The van der Waals surface area contributed by atoms with E-state index in [1.165, 1.54) is 0 Å². The second-order valence-corrected chi connectivity index (χ2v) is 5.29. The molecule has 1 aromatic carbocycles. The number of hydrogen-bond acceptors (Lipinski definition) is 4. The van der Waals surface area contributed by atoms with Gasteiger partial charge in [0.1, 0.15) is 5.84 Å². The molecule has 0 radical (unpaired) electrons. The number of aliphatic hydroxyl groups excluding tert-OH is 1. The second-order valence-electron chi connectivity index (χ2n) is 5.29. The molecular weight excluding hydrogens is 254 g/mol. The van der Waals surface area contributed by atoms with Gasteiger partial charge in [0, 0.05) is 18.5 Å². The van der Waals surface area contributed by atoms with Crippen molar-refractivity contribution in [2.24, 2.45) is 10.9 Å². The van der Waals surface area contributed by atoms with E-state index in [4.69, 9.17) is 10.9 Å². The molecule has 1 aromatic rings. The van der Waals surface area contributed by atoms with Crippen molar-refractivity contribution >= 4 is 5.84 Å². The molecular formula is C15H23N3O2. The number of piperidine rings is 1. The van der Waals surface area contributed by atoms with Gasteiger partial charge < -0.3 is 16.0 Å². The largest absolute Gasteiger partial charge is 0.409 e. The van der Waals surface area contributed by atoms with Crippen LogP contribution in [-0.2, 0) is 0 Å². The average Bonchev–Trinajstić information content (AvgIpc) is 2.53. The molecule has 5 nitrogen and oxygen atoms in total. The molecule has 0 saturated carbocycles. The zero-order valence-electron chi connectivity index (χ0n) is 11.7. The Hall–Kier alpha value is -1.59. The lowest BCUT2D eigenvalue weighted by Gasteiger charge is -2.40. The maximum atomic E-state index is 9.60. The first-order chi connectivity index (χ1) is 9.76. The molecule has 0 aliphatic carbocycles. The van der Waals surface area contributed by atoms with E-state index in [0.29, 0.717) is 6.42 Å². The quantitative estimate of drug-likeness (QED) is 0.331. The van der Waals surface area contributed by atoms with Crippen LogP contribution >= 0.6 is 0 Å². The van der Waals surface area contributed by atoms with Crippen LogP contribution in [0.25, 0.3) is 0 Å². The molecule has 4 N–H and O–H groups in total. The van der Waals surface area contributed by atoms with E-state index >= 15 is 0 Å². The van der Waals surface area contributed by atoms with Gasteiger partial charge in [-0.2, -0.15) is 0 Å². The lowest BCUT2D eigenvalue weighted by molar-refractivity contribution is 0.0543. The molecule has 0 spiro atoms. The summed E-state index contributed by atoms with van der Waals surface area (Å²) in [5.74, 6) is 0.223. The van der Waals surface area contributed by atoms with Crippen molar-refractivity contribution in [3.63, 3.8) is 0 Å². The number of aliphatic hydroxyl groups is 1. The monoisotopic (exact) mass is 277 g/mol. The highest BCUT2D eigenvalue weighted by Gasteiger charge is 2.30. The van der Waals surface area contributed by atoms with Crippen molar-refractivity contribution in [1.82, 2.24) is 4.90 Å². The highest BCUT2D eigenvalue weighted by molar-refractivity contribution is 5.80. The van der Waals surface area contributed by atoms with Gasteiger partial charge in [0.2, 0.25) is 0 Å². The molecule has 2 atom stereocenters. The topological polar surface area (TPSA) is 82.1 Å². The number of benzene rings is 1. The maximum Gasteiger partial charge on any atom is 0.141 e. The predicted molar refractivity (Wildman–Crippen MR) is 78.6 cm³/mol. The summed E-state index contributed by atoms with van der Waals surface area (Å²) < 4.78 is 0. The van der Waals surface area contributed by atoms with E-state index < -0.39 is 0 Å². The van der Waals surface area contributed by atoms with Gasteiger partial charge in [0.15, 0.2) is 0 Å². The smallest absolute Gasteiger partial charge is 0.141 e. The fraction of sp³-hybridized carbons (Fsp3) is 0.533. The molecule has 5 heteroatoms. The van der Waals surface area contributed by atoms with E-state index in [9.17, 15) is 5.11 Å². The number of amidine groups is 1. The summed E-state index contributed by atoms with van der Waals surface area (Å²) in [6.45, 7) is 1.09. The molecule has 1 saturated heterocycles.